The van der Waals surface area contributed by atoms with Gasteiger partial charge in [0.15, 0.2) is 0 Å². The summed E-state index contributed by atoms with van der Waals surface area (Å²) in [5, 5.41) is 2.17. The highest BCUT2D eigenvalue weighted by atomic mass is 32.1. The highest BCUT2D eigenvalue weighted by Gasteiger charge is 2.09. The summed E-state index contributed by atoms with van der Waals surface area (Å²) >= 11 is 1.78. The topological polar surface area (TPSA) is 26.0 Å². The third kappa shape index (κ3) is 1.56. The Morgan fingerprint density at radius 1 is 1.55 bits per heavy atom. The molecule has 11 heavy (non-hydrogen) atoms. The predicted octanol–water partition coefficient (Wildman–Crippen LogP) is 3.02. The number of nitrogens with two attached hydrogens (primary N) is 1. The minimum Gasteiger partial charge on any atom is -0.398 e. The van der Waals surface area contributed by atoms with E-state index in [4.69, 9.17) is 5.73 Å². The Bertz CT molecular complexity index is 238. The van der Waals surface area contributed by atoms with Gasteiger partial charge < -0.3 is 5.73 Å². The molecule has 0 aromatic carbocycles. The molecule has 62 valence electrons. The molecule has 0 fully saturated rings. The molecule has 0 atom stereocenters. The van der Waals surface area contributed by atoms with Crippen LogP contribution >= 0.6 is 11.3 Å². The van der Waals surface area contributed by atoms with Gasteiger partial charge >= 0.3 is 0 Å². The van der Waals surface area contributed by atoms with Crippen molar-refractivity contribution in [3.05, 3.63) is 15.8 Å². The first kappa shape index (κ1) is 8.60. The number of thiophene rings is 1. The molecular weight excluding hydrogens is 154 g/mol. The van der Waals surface area contributed by atoms with Crippen LogP contribution in [0.25, 0.3) is 0 Å². The van der Waals surface area contributed by atoms with Gasteiger partial charge in [-0.05, 0) is 23.3 Å². The van der Waals surface area contributed by atoms with Crippen LogP contribution in [0, 0.1) is 0 Å². The molecule has 0 amide bonds. The Labute approximate surface area is 72.2 Å². The Hall–Kier alpha value is -0.500. The van der Waals surface area contributed by atoms with Crippen LogP contribution in [0.5, 0.6) is 0 Å². The molecule has 1 aromatic heterocycles. The van der Waals surface area contributed by atoms with E-state index in [1.54, 1.807) is 11.3 Å². The molecule has 0 aliphatic rings. The number of anilines is 1. The second-order valence-electron chi connectivity index (χ2n) is 3.05. The van der Waals surface area contributed by atoms with Gasteiger partial charge in [-0.25, -0.2) is 0 Å². The van der Waals surface area contributed by atoms with Gasteiger partial charge in [-0.15, -0.1) is 11.3 Å². The van der Waals surface area contributed by atoms with Crippen molar-refractivity contribution in [2.45, 2.75) is 33.1 Å². The zero-order valence-electron chi connectivity index (χ0n) is 7.35. The van der Waals surface area contributed by atoms with E-state index in [9.17, 15) is 0 Å². The van der Waals surface area contributed by atoms with E-state index in [0.717, 1.165) is 12.1 Å². The average Bonchev–Trinajstić information content (AvgIpc) is 2.30. The smallest absolute Gasteiger partial charge is 0.0490 e. The average molecular weight is 169 g/mol. The maximum absolute atomic E-state index is 5.93. The Morgan fingerprint density at radius 2 is 2.18 bits per heavy atom. The summed E-state index contributed by atoms with van der Waals surface area (Å²) < 4.78 is 0. The minimum absolute atomic E-state index is 0.570. The largest absolute Gasteiger partial charge is 0.398 e. The van der Waals surface area contributed by atoms with Crippen molar-refractivity contribution in [2.75, 3.05) is 5.73 Å². The van der Waals surface area contributed by atoms with Gasteiger partial charge in [-0.3, -0.25) is 0 Å². The zero-order valence-corrected chi connectivity index (χ0v) is 8.16. The fraction of sp³-hybridized carbons (Fsp3) is 0.556. The summed E-state index contributed by atoms with van der Waals surface area (Å²) in [6.45, 7) is 6.51. The standard InChI is InChI=1S/C9H15NS/c1-4-7-5-11-9(6(2)3)8(7)10/h5-6H,4,10H2,1-3H3. The highest BCUT2D eigenvalue weighted by molar-refractivity contribution is 7.10. The van der Waals surface area contributed by atoms with Gasteiger partial charge in [0.05, 0.1) is 0 Å². The lowest BCUT2D eigenvalue weighted by molar-refractivity contribution is 0.890. The minimum atomic E-state index is 0.570. The van der Waals surface area contributed by atoms with E-state index in [-0.39, 0.29) is 0 Å². The summed E-state index contributed by atoms with van der Waals surface area (Å²) in [5.41, 5.74) is 8.25. The Morgan fingerprint density at radius 3 is 2.45 bits per heavy atom. The second-order valence-corrected chi connectivity index (χ2v) is 3.96. The fourth-order valence-corrected chi connectivity index (χ4v) is 2.23. The third-order valence-corrected chi connectivity index (χ3v) is 3.19. The van der Waals surface area contributed by atoms with Crippen LogP contribution in [0.15, 0.2) is 5.38 Å². The van der Waals surface area contributed by atoms with E-state index >= 15 is 0 Å². The molecule has 0 spiro atoms. The molecule has 0 bridgehead atoms. The van der Waals surface area contributed by atoms with Crippen LogP contribution in [-0.4, -0.2) is 0 Å². The molecule has 1 heterocycles. The summed E-state index contributed by atoms with van der Waals surface area (Å²) in [5.74, 6) is 0.570. The predicted molar refractivity (Wildman–Crippen MR) is 52.2 cm³/mol. The van der Waals surface area contributed by atoms with Crippen molar-refractivity contribution in [2.24, 2.45) is 0 Å². The molecule has 1 nitrogen and oxygen atoms in total. The van der Waals surface area contributed by atoms with Crippen LogP contribution in [-0.2, 0) is 6.42 Å². The first-order valence-corrected chi connectivity index (χ1v) is 4.90. The first-order valence-electron chi connectivity index (χ1n) is 4.02. The summed E-state index contributed by atoms with van der Waals surface area (Å²) in [6.07, 6.45) is 1.05. The molecule has 2 N–H and O–H groups in total. The number of hydrogen-bond acceptors (Lipinski definition) is 2. The highest BCUT2D eigenvalue weighted by Crippen LogP contribution is 2.31. The number of aryl methyl sites for hydroxylation is 1. The molecule has 1 rings (SSSR count). The van der Waals surface area contributed by atoms with Crippen molar-refractivity contribution >= 4 is 17.0 Å². The Balaban J connectivity index is 3.00. The van der Waals surface area contributed by atoms with Crippen molar-refractivity contribution in [3.8, 4) is 0 Å². The van der Waals surface area contributed by atoms with Crippen molar-refractivity contribution in [1.82, 2.24) is 0 Å². The van der Waals surface area contributed by atoms with E-state index in [2.05, 4.69) is 26.2 Å². The van der Waals surface area contributed by atoms with Crippen molar-refractivity contribution in [3.63, 3.8) is 0 Å². The van der Waals surface area contributed by atoms with Crippen molar-refractivity contribution in [1.29, 1.82) is 0 Å². The molecule has 2 heteroatoms. The van der Waals surface area contributed by atoms with Gasteiger partial charge in [-0.2, -0.15) is 0 Å². The van der Waals surface area contributed by atoms with Gasteiger partial charge in [0.1, 0.15) is 0 Å². The fourth-order valence-electron chi connectivity index (χ4n) is 1.14. The summed E-state index contributed by atoms with van der Waals surface area (Å²) in [6, 6.07) is 0. The SMILES string of the molecule is CCc1csc(C(C)C)c1N. The molecule has 0 unspecified atom stereocenters. The molecular formula is C9H15NS. The Kier molecular flexibility index (Phi) is 2.55. The van der Waals surface area contributed by atoms with Crippen LogP contribution in [0.4, 0.5) is 5.69 Å². The van der Waals surface area contributed by atoms with E-state index in [1.165, 1.54) is 10.4 Å². The first-order chi connectivity index (χ1) is 5.16. The summed E-state index contributed by atoms with van der Waals surface area (Å²) in [4.78, 5) is 1.34. The van der Waals surface area contributed by atoms with Crippen LogP contribution in [0.3, 0.4) is 0 Å². The van der Waals surface area contributed by atoms with E-state index < -0.39 is 0 Å². The molecule has 0 saturated heterocycles. The second kappa shape index (κ2) is 3.26. The van der Waals surface area contributed by atoms with Gasteiger partial charge in [0.25, 0.3) is 0 Å². The number of hydrogen-bond donors (Lipinski definition) is 1. The molecule has 1 aromatic rings. The molecule has 0 aliphatic carbocycles. The van der Waals surface area contributed by atoms with E-state index in [0.29, 0.717) is 5.92 Å². The lowest BCUT2D eigenvalue weighted by Gasteiger charge is -2.02. The van der Waals surface area contributed by atoms with Crippen LogP contribution < -0.4 is 5.73 Å². The van der Waals surface area contributed by atoms with Crippen LogP contribution in [0.1, 0.15) is 37.1 Å². The van der Waals surface area contributed by atoms with Gasteiger partial charge in [0.2, 0.25) is 0 Å². The number of rotatable bonds is 2. The van der Waals surface area contributed by atoms with Gasteiger partial charge in [0, 0.05) is 10.6 Å². The zero-order chi connectivity index (χ0) is 8.43. The summed E-state index contributed by atoms with van der Waals surface area (Å²) in [7, 11) is 0. The number of nitrogen functional groups attached to an aromatic ring is 1. The normalized spacial score (nSPS) is 10.9. The lowest BCUT2D eigenvalue weighted by atomic mass is 10.1. The quantitative estimate of drug-likeness (QED) is 0.723. The van der Waals surface area contributed by atoms with Crippen molar-refractivity contribution < 1.29 is 0 Å². The lowest BCUT2D eigenvalue weighted by Crippen LogP contribution is -1.93. The molecule has 0 saturated carbocycles. The molecule has 0 radical (unpaired) electrons. The van der Waals surface area contributed by atoms with Gasteiger partial charge in [-0.1, -0.05) is 20.8 Å². The third-order valence-electron chi connectivity index (χ3n) is 1.84. The molecule has 0 aliphatic heterocycles. The van der Waals surface area contributed by atoms with E-state index in [1.807, 2.05) is 0 Å². The monoisotopic (exact) mass is 169 g/mol. The van der Waals surface area contributed by atoms with Crippen LogP contribution in [0.2, 0.25) is 0 Å². The maximum Gasteiger partial charge on any atom is 0.0490 e. The maximum atomic E-state index is 5.93.